The van der Waals surface area contributed by atoms with Gasteiger partial charge < -0.3 is 20.3 Å². The van der Waals surface area contributed by atoms with Crippen LogP contribution in [-0.4, -0.2) is 30.5 Å². The maximum absolute atomic E-state index is 13.6. The van der Waals surface area contributed by atoms with Crippen LogP contribution in [0.3, 0.4) is 0 Å². The molecular weight excluding hydrogens is 520 g/mol. The molecule has 0 amide bonds. The van der Waals surface area contributed by atoms with E-state index in [4.69, 9.17) is 4.42 Å². The van der Waals surface area contributed by atoms with Crippen LogP contribution in [0.1, 0.15) is 25.3 Å². The number of hydrogen-bond donors (Lipinski definition) is 2. The molecule has 0 radical (unpaired) electrons. The molecule has 2 N–H and O–H groups in total. The Morgan fingerprint density at radius 2 is 1.87 bits per heavy atom. The Morgan fingerprint density at radius 3 is 2.64 bits per heavy atom. The van der Waals surface area contributed by atoms with E-state index in [0.717, 1.165) is 0 Å². The highest BCUT2D eigenvalue weighted by Gasteiger charge is 2.32. The number of nitrogens with one attached hydrogen (secondary N) is 2. The highest BCUT2D eigenvalue weighted by molar-refractivity contribution is 7.90. The lowest BCUT2D eigenvalue weighted by atomic mass is 10.1. The highest BCUT2D eigenvalue weighted by Crippen LogP contribution is 2.36. The minimum absolute atomic E-state index is 0.117. The van der Waals surface area contributed by atoms with Gasteiger partial charge in [-0.25, -0.2) is 9.66 Å². The number of aromatic nitrogens is 3. The third-order valence-electron chi connectivity index (χ3n) is 6.30. The van der Waals surface area contributed by atoms with Gasteiger partial charge in [-0.2, -0.15) is 13.0 Å². The van der Waals surface area contributed by atoms with Gasteiger partial charge in [0.15, 0.2) is 23.8 Å². The first-order valence-electron chi connectivity index (χ1n) is 12.3. The number of amidine groups is 1. The second-order valence-electron chi connectivity index (χ2n) is 9.60. The molecule has 6 rings (SSSR count). The molecule has 4 heterocycles. The molecule has 12 heteroatoms. The summed E-state index contributed by atoms with van der Waals surface area (Å²) in [5, 5.41) is 16.6. The van der Waals surface area contributed by atoms with Crippen LogP contribution in [0, 0.1) is 5.92 Å². The first-order valence-corrected chi connectivity index (χ1v) is 13.7. The normalized spacial score (nSPS) is 14.3. The number of oxazole rings is 1. The van der Waals surface area contributed by atoms with Gasteiger partial charge in [0.2, 0.25) is 6.54 Å². The number of hydrogen-bond acceptors (Lipinski definition) is 8. The Morgan fingerprint density at radius 1 is 1.10 bits per heavy atom. The summed E-state index contributed by atoms with van der Waals surface area (Å²) in [4.78, 5) is 17.8. The summed E-state index contributed by atoms with van der Waals surface area (Å²) < 4.78 is 39.8. The van der Waals surface area contributed by atoms with Crippen LogP contribution in [0.2, 0.25) is 0 Å². The number of nitrogens with zero attached hydrogens (tertiary/aromatic N) is 4. The minimum Gasteiger partial charge on any atom is -0.871 e. The molecule has 0 saturated heterocycles. The van der Waals surface area contributed by atoms with Crippen LogP contribution in [-0.2, 0) is 16.6 Å². The number of anilines is 1. The second-order valence-corrected chi connectivity index (χ2v) is 11.1. The zero-order valence-corrected chi connectivity index (χ0v) is 21.9. The fourth-order valence-electron chi connectivity index (χ4n) is 4.52. The van der Waals surface area contributed by atoms with E-state index < -0.39 is 21.3 Å². The lowest BCUT2D eigenvalue weighted by Crippen LogP contribution is -2.38. The van der Waals surface area contributed by atoms with Crippen molar-refractivity contribution in [1.29, 1.82) is 0 Å². The Balaban J connectivity index is 1.48. The second kappa shape index (κ2) is 9.24. The molecule has 198 valence electrons. The Kier molecular flexibility index (Phi) is 5.83. The molecule has 0 aliphatic carbocycles. The summed E-state index contributed by atoms with van der Waals surface area (Å²) in [5.74, 6) is -0.437. The van der Waals surface area contributed by atoms with E-state index >= 15 is 0 Å². The zero-order valence-electron chi connectivity index (χ0n) is 21.1. The Labute approximate surface area is 223 Å². The monoisotopic (exact) mass is 544 g/mol. The molecule has 0 spiro atoms. The molecule has 5 aromatic rings. The van der Waals surface area contributed by atoms with Gasteiger partial charge in [0, 0.05) is 18.7 Å². The summed E-state index contributed by atoms with van der Waals surface area (Å²) in [6.07, 6.45) is 3.68. The van der Waals surface area contributed by atoms with Crippen molar-refractivity contribution in [2.24, 2.45) is 10.3 Å². The Hall–Kier alpha value is -4.71. The van der Waals surface area contributed by atoms with Gasteiger partial charge in [0.1, 0.15) is 10.4 Å². The van der Waals surface area contributed by atoms with Crippen molar-refractivity contribution in [3.05, 3.63) is 88.8 Å². The quantitative estimate of drug-likeness (QED) is 0.310. The van der Waals surface area contributed by atoms with E-state index in [1.165, 1.54) is 10.7 Å². The average molecular weight is 545 g/mol. The molecule has 2 aromatic carbocycles. The van der Waals surface area contributed by atoms with Crippen molar-refractivity contribution >= 4 is 43.5 Å². The number of fused-ring (bicyclic) bond motifs is 4. The van der Waals surface area contributed by atoms with E-state index in [0.29, 0.717) is 24.5 Å². The molecule has 0 unspecified atom stereocenters. The van der Waals surface area contributed by atoms with Crippen LogP contribution >= 0.6 is 0 Å². The van der Waals surface area contributed by atoms with E-state index in [2.05, 4.69) is 20.1 Å². The van der Waals surface area contributed by atoms with Crippen LogP contribution in [0.5, 0.6) is 5.75 Å². The van der Waals surface area contributed by atoms with Gasteiger partial charge in [-0.3, -0.25) is 4.79 Å². The van der Waals surface area contributed by atoms with Gasteiger partial charge in [0.05, 0.1) is 16.8 Å². The van der Waals surface area contributed by atoms with Crippen LogP contribution < -0.4 is 26.0 Å². The predicted molar refractivity (Wildman–Crippen MR) is 144 cm³/mol. The molecule has 39 heavy (non-hydrogen) atoms. The number of benzene rings is 2. The fourth-order valence-corrected chi connectivity index (χ4v) is 5.77. The number of para-hydroxylation sites is 1. The number of rotatable bonds is 6. The Bertz CT molecular complexity index is 1950. The zero-order chi connectivity index (χ0) is 27.3. The summed E-state index contributed by atoms with van der Waals surface area (Å²) in [5.41, 5.74) is 2.92. The molecule has 0 fully saturated rings. The lowest BCUT2D eigenvalue weighted by molar-refractivity contribution is -0.690. The highest BCUT2D eigenvalue weighted by atomic mass is 32.2. The molecular formula is C27H24N6O5S. The van der Waals surface area contributed by atoms with Crippen molar-refractivity contribution in [2.45, 2.75) is 25.3 Å². The van der Waals surface area contributed by atoms with Gasteiger partial charge in [-0.05, 0) is 29.5 Å². The maximum Gasteiger partial charge on any atom is 0.288 e. The van der Waals surface area contributed by atoms with E-state index in [1.54, 1.807) is 30.3 Å². The van der Waals surface area contributed by atoms with Gasteiger partial charge in [-0.1, -0.05) is 43.9 Å². The first kappa shape index (κ1) is 24.6. The maximum atomic E-state index is 13.6. The average Bonchev–Trinajstić information content (AvgIpc) is 3.30. The molecule has 1 aliphatic heterocycles. The standard InChI is InChI=1S/C27H24N6O5S/c1-16(2)14-28-33-19-9-5-4-8-17(19)24(34)22(27(33)35)26-29-18-10-11-20-23(25(18)39(36,37)31-26)30-21(38-20)15-32-12-6-3-7-13-32/h3-13,16,28H,14-15H2,1-2H3,(H-,29,31,34,35). The molecule has 3 aromatic heterocycles. The minimum atomic E-state index is -4.36. The third-order valence-corrected chi connectivity index (χ3v) is 7.66. The fraction of sp³-hybridized carbons (Fsp3) is 0.185. The molecule has 0 atom stereocenters. The molecule has 1 aliphatic rings. The SMILES string of the molecule is CC(C)CNn1c(=O)c(C2=NS(=O)(=O)c3c(ccc4oc(C[n+]5ccccc5)nc34)N2)c([O-])c2ccccc21. The summed E-state index contributed by atoms with van der Waals surface area (Å²) >= 11 is 0. The largest absolute Gasteiger partial charge is 0.871 e. The van der Waals surface area contributed by atoms with Crippen molar-refractivity contribution in [2.75, 3.05) is 17.3 Å². The third kappa shape index (κ3) is 4.28. The topological polar surface area (TPSA) is 146 Å². The van der Waals surface area contributed by atoms with E-state index in [9.17, 15) is 18.3 Å². The summed E-state index contributed by atoms with van der Waals surface area (Å²) in [6.45, 7) is 4.71. The van der Waals surface area contributed by atoms with Gasteiger partial charge >= 0.3 is 0 Å². The summed E-state index contributed by atoms with van der Waals surface area (Å²) in [7, 11) is -4.36. The lowest BCUT2D eigenvalue weighted by Gasteiger charge is -2.25. The molecule has 0 bridgehead atoms. The number of sulfonamides is 1. The van der Waals surface area contributed by atoms with E-state index in [-0.39, 0.29) is 44.4 Å². The predicted octanol–water partition coefficient (Wildman–Crippen LogP) is 2.31. The van der Waals surface area contributed by atoms with Crippen LogP contribution in [0.4, 0.5) is 5.69 Å². The number of pyridine rings is 2. The summed E-state index contributed by atoms with van der Waals surface area (Å²) in [6, 6.07) is 15.3. The molecule has 0 saturated carbocycles. The van der Waals surface area contributed by atoms with Crippen LogP contribution in [0.15, 0.2) is 85.5 Å². The van der Waals surface area contributed by atoms with Crippen molar-refractivity contribution in [1.82, 2.24) is 9.66 Å². The van der Waals surface area contributed by atoms with Crippen molar-refractivity contribution < 1.29 is 22.5 Å². The van der Waals surface area contributed by atoms with Crippen molar-refractivity contribution in [3.63, 3.8) is 0 Å². The smallest absolute Gasteiger partial charge is 0.288 e. The first-order chi connectivity index (χ1) is 18.7. The van der Waals surface area contributed by atoms with Gasteiger partial charge in [-0.15, -0.1) is 4.40 Å². The molecule has 11 nitrogen and oxygen atoms in total. The van der Waals surface area contributed by atoms with Crippen molar-refractivity contribution in [3.8, 4) is 5.75 Å². The van der Waals surface area contributed by atoms with E-state index in [1.807, 2.05) is 49.0 Å². The van der Waals surface area contributed by atoms with Crippen LogP contribution in [0.25, 0.3) is 22.0 Å². The van der Waals surface area contributed by atoms with Gasteiger partial charge in [0.25, 0.3) is 21.5 Å².